The highest BCUT2D eigenvalue weighted by molar-refractivity contribution is 5.45. The number of rotatable bonds is 6. The van der Waals surface area contributed by atoms with Gasteiger partial charge in [0.25, 0.3) is 0 Å². The minimum Gasteiger partial charge on any atom is -0.366 e. The molecule has 3 aromatic rings. The summed E-state index contributed by atoms with van der Waals surface area (Å²) < 4.78 is 0. The van der Waals surface area contributed by atoms with Crippen molar-refractivity contribution in [2.45, 2.75) is 39.7 Å². The largest absolute Gasteiger partial charge is 0.366 e. The van der Waals surface area contributed by atoms with Gasteiger partial charge in [0.15, 0.2) is 0 Å². The molecule has 1 aliphatic heterocycles. The van der Waals surface area contributed by atoms with Crippen molar-refractivity contribution < 1.29 is 0 Å². The minimum absolute atomic E-state index is 0.747. The van der Waals surface area contributed by atoms with Crippen LogP contribution in [0.1, 0.15) is 35.2 Å². The van der Waals surface area contributed by atoms with Crippen molar-refractivity contribution in [3.8, 4) is 0 Å². The molecule has 0 amide bonds. The van der Waals surface area contributed by atoms with Crippen molar-refractivity contribution in [3.05, 3.63) is 83.0 Å². The molecule has 0 aliphatic carbocycles. The van der Waals surface area contributed by atoms with Gasteiger partial charge in [-0.2, -0.15) is 4.98 Å². The maximum Gasteiger partial charge on any atom is 0.227 e. The minimum atomic E-state index is 0.747. The van der Waals surface area contributed by atoms with Crippen LogP contribution in [0.25, 0.3) is 0 Å². The van der Waals surface area contributed by atoms with Crippen molar-refractivity contribution in [3.63, 3.8) is 0 Å². The predicted molar refractivity (Wildman–Crippen MR) is 120 cm³/mol. The molecule has 1 fully saturated rings. The van der Waals surface area contributed by atoms with Gasteiger partial charge in [0.2, 0.25) is 5.95 Å². The first-order valence-electron chi connectivity index (χ1n) is 10.6. The fourth-order valence-electron chi connectivity index (χ4n) is 4.06. The van der Waals surface area contributed by atoms with Gasteiger partial charge in [-0.1, -0.05) is 54.6 Å². The molecule has 0 bridgehead atoms. The van der Waals surface area contributed by atoms with Gasteiger partial charge in [0.1, 0.15) is 5.82 Å². The topological polar surface area (TPSA) is 41.1 Å². The van der Waals surface area contributed by atoms with Gasteiger partial charge in [0.05, 0.1) is 0 Å². The summed E-state index contributed by atoms with van der Waals surface area (Å²) in [6, 6.07) is 21.3. The lowest BCUT2D eigenvalue weighted by molar-refractivity contribution is 0.400. The number of benzene rings is 2. The van der Waals surface area contributed by atoms with E-state index in [2.05, 4.69) is 71.7 Å². The Balaban J connectivity index is 1.37. The van der Waals surface area contributed by atoms with Gasteiger partial charge in [0, 0.05) is 31.4 Å². The zero-order valence-electron chi connectivity index (χ0n) is 17.4. The summed E-state index contributed by atoms with van der Waals surface area (Å²) in [6.07, 6.45) is 3.56. The van der Waals surface area contributed by atoms with Crippen molar-refractivity contribution in [1.29, 1.82) is 0 Å². The lowest BCUT2D eigenvalue weighted by atomic mass is 9.90. The summed E-state index contributed by atoms with van der Waals surface area (Å²) in [6.45, 7) is 7.03. The summed E-state index contributed by atoms with van der Waals surface area (Å²) in [4.78, 5) is 11.9. The van der Waals surface area contributed by atoms with Crippen LogP contribution >= 0.6 is 0 Å². The highest BCUT2D eigenvalue weighted by Gasteiger charge is 2.21. The van der Waals surface area contributed by atoms with E-state index in [1.54, 1.807) is 0 Å². The average molecular weight is 387 g/mol. The van der Waals surface area contributed by atoms with Crippen LogP contribution in [0.3, 0.4) is 0 Å². The Morgan fingerprint density at radius 3 is 2.41 bits per heavy atom. The van der Waals surface area contributed by atoms with Gasteiger partial charge in [-0.15, -0.1) is 0 Å². The van der Waals surface area contributed by atoms with Crippen LogP contribution < -0.4 is 10.2 Å². The maximum atomic E-state index is 4.81. The summed E-state index contributed by atoms with van der Waals surface area (Å²) in [5, 5.41) is 3.49. The second kappa shape index (κ2) is 9.08. The first kappa shape index (κ1) is 19.4. The highest BCUT2D eigenvalue weighted by atomic mass is 15.3. The Hall–Kier alpha value is -2.88. The summed E-state index contributed by atoms with van der Waals surface area (Å²) >= 11 is 0. The molecular weight excluding hydrogens is 356 g/mol. The first-order valence-corrected chi connectivity index (χ1v) is 10.6. The van der Waals surface area contributed by atoms with Crippen LogP contribution in [0, 0.1) is 19.8 Å². The van der Waals surface area contributed by atoms with Crippen LogP contribution in [-0.4, -0.2) is 23.1 Å². The van der Waals surface area contributed by atoms with E-state index in [0.29, 0.717) is 0 Å². The van der Waals surface area contributed by atoms with Gasteiger partial charge in [-0.3, -0.25) is 0 Å². The van der Waals surface area contributed by atoms with Crippen molar-refractivity contribution in [1.82, 2.24) is 9.97 Å². The van der Waals surface area contributed by atoms with Crippen molar-refractivity contribution in [2.24, 2.45) is 5.92 Å². The monoisotopic (exact) mass is 386 g/mol. The molecule has 1 aliphatic rings. The molecule has 2 aromatic carbocycles. The number of anilines is 2. The first-order chi connectivity index (χ1) is 14.2. The molecule has 1 saturated heterocycles. The Bertz CT molecular complexity index is 931. The number of piperidine rings is 1. The highest BCUT2D eigenvalue weighted by Crippen LogP contribution is 2.25. The van der Waals surface area contributed by atoms with Crippen LogP contribution in [0.5, 0.6) is 0 Å². The third-order valence-electron chi connectivity index (χ3n) is 5.83. The zero-order chi connectivity index (χ0) is 20.1. The molecule has 0 atom stereocenters. The van der Waals surface area contributed by atoms with Crippen LogP contribution in [-0.2, 0) is 13.0 Å². The molecule has 0 saturated carbocycles. The zero-order valence-corrected chi connectivity index (χ0v) is 17.4. The summed E-state index contributed by atoms with van der Waals surface area (Å²) in [5.41, 5.74) is 5.05. The third-order valence-corrected chi connectivity index (χ3v) is 5.83. The summed E-state index contributed by atoms with van der Waals surface area (Å²) in [7, 11) is 0. The normalized spacial score (nSPS) is 14.8. The Morgan fingerprint density at radius 2 is 1.66 bits per heavy atom. The molecule has 0 unspecified atom stereocenters. The summed E-state index contributed by atoms with van der Waals surface area (Å²) in [5.74, 6) is 2.51. The van der Waals surface area contributed by atoms with E-state index in [9.17, 15) is 0 Å². The van der Waals surface area contributed by atoms with Crippen molar-refractivity contribution in [2.75, 3.05) is 23.3 Å². The molecule has 1 aromatic heterocycles. The fraction of sp³-hybridized carbons (Fsp3) is 0.360. The second-order valence-electron chi connectivity index (χ2n) is 8.09. The molecule has 4 rings (SSSR count). The van der Waals surface area contributed by atoms with Crippen molar-refractivity contribution >= 4 is 11.8 Å². The molecule has 4 nitrogen and oxygen atoms in total. The van der Waals surface area contributed by atoms with Gasteiger partial charge < -0.3 is 10.2 Å². The van der Waals surface area contributed by atoms with Crippen LogP contribution in [0.4, 0.5) is 11.8 Å². The van der Waals surface area contributed by atoms with E-state index in [0.717, 1.165) is 43.0 Å². The van der Waals surface area contributed by atoms with Gasteiger partial charge >= 0.3 is 0 Å². The predicted octanol–water partition coefficient (Wildman–Crippen LogP) is 5.16. The number of hydrogen-bond donors (Lipinski definition) is 1. The Kier molecular flexibility index (Phi) is 6.09. The van der Waals surface area contributed by atoms with E-state index >= 15 is 0 Å². The number of hydrogen-bond acceptors (Lipinski definition) is 4. The molecule has 150 valence electrons. The fourth-order valence-corrected chi connectivity index (χ4v) is 4.06. The molecular formula is C25H30N4. The smallest absolute Gasteiger partial charge is 0.227 e. The number of nitrogens with one attached hydrogen (secondary N) is 1. The van der Waals surface area contributed by atoms with Gasteiger partial charge in [-0.05, 0) is 55.7 Å². The van der Waals surface area contributed by atoms with E-state index < -0.39 is 0 Å². The average Bonchev–Trinajstić information content (AvgIpc) is 2.74. The SMILES string of the molecule is Cc1cc(NCc2ccccc2C)nc(N2CCC(Cc3ccccc3)CC2)n1. The van der Waals surface area contributed by atoms with E-state index in [4.69, 9.17) is 9.97 Å². The molecule has 1 N–H and O–H groups in total. The van der Waals surface area contributed by atoms with E-state index in [1.165, 1.54) is 36.0 Å². The number of aryl methyl sites for hydroxylation is 2. The quantitative estimate of drug-likeness (QED) is 0.635. The molecule has 4 heteroatoms. The number of aromatic nitrogens is 2. The lowest BCUT2D eigenvalue weighted by Crippen LogP contribution is -2.35. The number of nitrogens with zero attached hydrogens (tertiary/aromatic N) is 3. The van der Waals surface area contributed by atoms with Crippen LogP contribution in [0.2, 0.25) is 0 Å². The Labute approximate surface area is 174 Å². The molecule has 0 radical (unpaired) electrons. The van der Waals surface area contributed by atoms with Crippen LogP contribution in [0.15, 0.2) is 60.7 Å². The van der Waals surface area contributed by atoms with E-state index in [-0.39, 0.29) is 0 Å². The standard InChI is InChI=1S/C25H30N4/c1-19-8-6-7-11-23(19)18-26-24-16-20(2)27-25(28-24)29-14-12-22(13-15-29)17-21-9-4-3-5-10-21/h3-11,16,22H,12-15,17-18H2,1-2H3,(H,26,27,28). The third kappa shape index (κ3) is 5.14. The molecule has 29 heavy (non-hydrogen) atoms. The second-order valence-corrected chi connectivity index (χ2v) is 8.09. The lowest BCUT2D eigenvalue weighted by Gasteiger charge is -2.32. The van der Waals surface area contributed by atoms with Gasteiger partial charge in [-0.25, -0.2) is 4.98 Å². The molecule has 2 heterocycles. The Morgan fingerprint density at radius 1 is 0.931 bits per heavy atom. The maximum absolute atomic E-state index is 4.81. The van der Waals surface area contributed by atoms with E-state index in [1.807, 2.05) is 13.0 Å². The molecule has 0 spiro atoms.